The SMILES string of the molecule is Cc1cc2oc3c(c(=O)c2cc1C)C(c1cccc(Oc2ccccc2)c1)N(c1nccs1)C3=O. The second kappa shape index (κ2) is 8.21. The maximum Gasteiger partial charge on any atom is 0.297 e. The average Bonchev–Trinajstić information content (AvgIpc) is 3.48. The molecule has 1 atom stereocenters. The first-order valence-corrected chi connectivity index (χ1v) is 12.0. The predicted molar refractivity (Wildman–Crippen MR) is 136 cm³/mol. The molecular weight excluding hydrogens is 460 g/mol. The fourth-order valence-corrected chi connectivity index (χ4v) is 5.12. The number of nitrogens with zero attached hydrogens (tertiary/aromatic N) is 2. The van der Waals surface area contributed by atoms with Crippen LogP contribution in [-0.2, 0) is 0 Å². The average molecular weight is 481 g/mol. The summed E-state index contributed by atoms with van der Waals surface area (Å²) in [6.45, 7) is 3.91. The van der Waals surface area contributed by atoms with Crippen molar-refractivity contribution in [1.82, 2.24) is 4.98 Å². The van der Waals surface area contributed by atoms with Crippen LogP contribution in [0.5, 0.6) is 11.5 Å². The molecular formula is C28H20N2O4S. The quantitative estimate of drug-likeness (QED) is 0.297. The normalized spacial score (nSPS) is 15.0. The number of aromatic nitrogens is 1. The van der Waals surface area contributed by atoms with Crippen molar-refractivity contribution in [2.45, 2.75) is 19.9 Å². The summed E-state index contributed by atoms with van der Waals surface area (Å²) in [6.07, 6.45) is 1.64. The highest BCUT2D eigenvalue weighted by Crippen LogP contribution is 2.42. The van der Waals surface area contributed by atoms with Crippen molar-refractivity contribution in [2.75, 3.05) is 4.90 Å². The zero-order valence-corrected chi connectivity index (χ0v) is 19.8. The van der Waals surface area contributed by atoms with Crippen molar-refractivity contribution in [3.05, 3.63) is 117 Å². The number of amides is 1. The van der Waals surface area contributed by atoms with Crippen LogP contribution in [0, 0.1) is 13.8 Å². The van der Waals surface area contributed by atoms with E-state index in [1.165, 1.54) is 11.3 Å². The van der Waals surface area contributed by atoms with Crippen molar-refractivity contribution < 1.29 is 13.9 Å². The van der Waals surface area contributed by atoms with E-state index in [9.17, 15) is 9.59 Å². The van der Waals surface area contributed by atoms with Crippen LogP contribution in [0.4, 0.5) is 5.13 Å². The zero-order valence-electron chi connectivity index (χ0n) is 19.0. The summed E-state index contributed by atoms with van der Waals surface area (Å²) in [5, 5.41) is 2.76. The second-order valence-corrected chi connectivity index (χ2v) is 9.36. The molecule has 0 saturated carbocycles. The number of aryl methyl sites for hydroxylation is 2. The highest BCUT2D eigenvalue weighted by molar-refractivity contribution is 7.13. The minimum atomic E-state index is -0.690. The van der Waals surface area contributed by atoms with Gasteiger partial charge in [0.25, 0.3) is 5.91 Å². The van der Waals surface area contributed by atoms with Crippen LogP contribution in [-0.4, -0.2) is 10.9 Å². The van der Waals surface area contributed by atoms with Crippen LogP contribution < -0.4 is 15.1 Å². The Morgan fingerprint density at radius 1 is 0.943 bits per heavy atom. The predicted octanol–water partition coefficient (Wildman–Crippen LogP) is 6.41. The molecule has 1 aliphatic heterocycles. The number of carbonyl (C=O) groups excluding carboxylic acids is 1. The Hall–Kier alpha value is -4.23. The number of carbonyl (C=O) groups is 1. The van der Waals surface area contributed by atoms with E-state index in [1.807, 2.05) is 80.6 Å². The first-order valence-electron chi connectivity index (χ1n) is 11.1. The molecule has 3 aromatic carbocycles. The summed E-state index contributed by atoms with van der Waals surface area (Å²) in [5.74, 6) is 0.970. The molecule has 35 heavy (non-hydrogen) atoms. The van der Waals surface area contributed by atoms with E-state index in [-0.39, 0.29) is 17.1 Å². The molecule has 3 heterocycles. The first-order chi connectivity index (χ1) is 17.0. The molecule has 6 rings (SSSR count). The summed E-state index contributed by atoms with van der Waals surface area (Å²) < 4.78 is 12.1. The molecule has 7 heteroatoms. The number of hydrogen-bond donors (Lipinski definition) is 0. The van der Waals surface area contributed by atoms with Gasteiger partial charge in [-0.1, -0.05) is 30.3 Å². The van der Waals surface area contributed by atoms with Gasteiger partial charge in [-0.2, -0.15) is 0 Å². The van der Waals surface area contributed by atoms with Gasteiger partial charge in [-0.05, 0) is 66.9 Å². The number of ether oxygens (including phenoxy) is 1. The number of para-hydroxylation sites is 1. The van der Waals surface area contributed by atoms with Crippen molar-refractivity contribution in [2.24, 2.45) is 0 Å². The molecule has 0 spiro atoms. The molecule has 0 N–H and O–H groups in total. The van der Waals surface area contributed by atoms with Gasteiger partial charge >= 0.3 is 0 Å². The minimum absolute atomic E-state index is 0.0559. The topological polar surface area (TPSA) is 72.6 Å². The maximum absolute atomic E-state index is 13.8. The molecule has 1 amide bonds. The smallest absolute Gasteiger partial charge is 0.297 e. The Kier molecular flexibility index (Phi) is 5.00. The Bertz CT molecular complexity index is 1640. The Morgan fingerprint density at radius 2 is 1.71 bits per heavy atom. The number of thiazole rings is 1. The van der Waals surface area contributed by atoms with E-state index >= 15 is 0 Å². The van der Waals surface area contributed by atoms with E-state index in [4.69, 9.17) is 9.15 Å². The van der Waals surface area contributed by atoms with Crippen molar-refractivity contribution in [1.29, 1.82) is 0 Å². The maximum atomic E-state index is 13.8. The molecule has 1 unspecified atom stereocenters. The number of anilines is 1. The summed E-state index contributed by atoms with van der Waals surface area (Å²) in [4.78, 5) is 33.4. The standard InChI is InChI=1S/C28H20N2O4S/c1-16-13-21-22(14-17(16)2)34-26-23(25(21)31)24(30(27(26)32)28-29-11-12-35-28)18-7-6-10-20(15-18)33-19-8-4-3-5-9-19/h3-15,24H,1-2H3. The third-order valence-electron chi connectivity index (χ3n) is 6.26. The van der Waals surface area contributed by atoms with Gasteiger partial charge in [-0.15, -0.1) is 11.3 Å². The number of benzene rings is 3. The number of fused-ring (bicyclic) bond motifs is 2. The first kappa shape index (κ1) is 21.3. The molecule has 0 aliphatic carbocycles. The lowest BCUT2D eigenvalue weighted by Crippen LogP contribution is -2.29. The zero-order chi connectivity index (χ0) is 24.1. The fraction of sp³-hybridized carbons (Fsp3) is 0.107. The molecule has 5 aromatic rings. The van der Waals surface area contributed by atoms with Gasteiger partial charge in [0.15, 0.2) is 10.6 Å². The third kappa shape index (κ3) is 3.52. The number of hydrogen-bond acceptors (Lipinski definition) is 6. The Morgan fingerprint density at radius 3 is 2.49 bits per heavy atom. The fourth-order valence-electron chi connectivity index (χ4n) is 4.45. The van der Waals surface area contributed by atoms with Crippen LogP contribution in [0.1, 0.15) is 38.9 Å². The van der Waals surface area contributed by atoms with Gasteiger partial charge in [0.1, 0.15) is 17.1 Å². The Balaban J connectivity index is 1.56. The van der Waals surface area contributed by atoms with Crippen molar-refractivity contribution >= 4 is 33.3 Å². The highest BCUT2D eigenvalue weighted by atomic mass is 32.1. The molecule has 172 valence electrons. The summed E-state index contributed by atoms with van der Waals surface area (Å²) in [7, 11) is 0. The van der Waals surface area contributed by atoms with Gasteiger partial charge in [-0.25, -0.2) is 4.98 Å². The van der Waals surface area contributed by atoms with Crippen LogP contribution in [0.2, 0.25) is 0 Å². The molecule has 0 saturated heterocycles. The van der Waals surface area contributed by atoms with E-state index in [0.29, 0.717) is 33.2 Å². The second-order valence-electron chi connectivity index (χ2n) is 8.49. The van der Waals surface area contributed by atoms with E-state index in [0.717, 1.165) is 16.7 Å². The highest BCUT2D eigenvalue weighted by Gasteiger charge is 2.44. The van der Waals surface area contributed by atoms with E-state index < -0.39 is 6.04 Å². The third-order valence-corrected chi connectivity index (χ3v) is 7.04. The van der Waals surface area contributed by atoms with Gasteiger partial charge in [0.05, 0.1) is 17.0 Å². The van der Waals surface area contributed by atoms with Gasteiger partial charge in [0, 0.05) is 11.6 Å². The van der Waals surface area contributed by atoms with Crippen LogP contribution in [0.25, 0.3) is 11.0 Å². The molecule has 0 radical (unpaired) electrons. The summed E-state index contributed by atoms with van der Waals surface area (Å²) in [5.41, 5.74) is 3.22. The van der Waals surface area contributed by atoms with Gasteiger partial charge in [-0.3, -0.25) is 14.5 Å². The molecule has 0 fully saturated rings. The lowest BCUT2D eigenvalue weighted by Gasteiger charge is -2.23. The van der Waals surface area contributed by atoms with Crippen LogP contribution >= 0.6 is 11.3 Å². The summed E-state index contributed by atoms with van der Waals surface area (Å²) in [6, 6.07) is 19.8. The van der Waals surface area contributed by atoms with E-state index in [1.54, 1.807) is 16.5 Å². The molecule has 6 nitrogen and oxygen atoms in total. The van der Waals surface area contributed by atoms with Crippen LogP contribution in [0.3, 0.4) is 0 Å². The molecule has 2 aromatic heterocycles. The summed E-state index contributed by atoms with van der Waals surface area (Å²) >= 11 is 1.33. The lowest BCUT2D eigenvalue weighted by atomic mass is 9.97. The molecule has 0 bridgehead atoms. The monoisotopic (exact) mass is 480 g/mol. The van der Waals surface area contributed by atoms with Crippen molar-refractivity contribution in [3.63, 3.8) is 0 Å². The van der Waals surface area contributed by atoms with Crippen LogP contribution in [0.15, 0.2) is 87.5 Å². The van der Waals surface area contributed by atoms with Crippen molar-refractivity contribution in [3.8, 4) is 11.5 Å². The molecule has 1 aliphatic rings. The Labute approximate surface area is 205 Å². The van der Waals surface area contributed by atoms with Gasteiger partial charge in [0.2, 0.25) is 5.76 Å². The lowest BCUT2D eigenvalue weighted by molar-refractivity contribution is 0.0971. The minimum Gasteiger partial charge on any atom is -0.457 e. The largest absolute Gasteiger partial charge is 0.457 e. The van der Waals surface area contributed by atoms with Gasteiger partial charge < -0.3 is 9.15 Å². The number of rotatable bonds is 4. The van der Waals surface area contributed by atoms with E-state index in [2.05, 4.69) is 4.98 Å².